The molecule has 1 unspecified atom stereocenters. The highest BCUT2D eigenvalue weighted by Crippen LogP contribution is 2.42. The molecule has 150 valence electrons. The number of hydrogen-bond donors (Lipinski definition) is 2. The average molecular weight is 401 g/mol. The van der Waals surface area contributed by atoms with Gasteiger partial charge in [0.1, 0.15) is 0 Å². The average Bonchev–Trinajstić information content (AvgIpc) is 3.09. The van der Waals surface area contributed by atoms with Crippen molar-refractivity contribution in [1.82, 2.24) is 4.90 Å². The molecule has 2 aliphatic rings. The molecular formula is C23H29ClN2O2. The Morgan fingerprint density at radius 1 is 1.11 bits per heavy atom. The molecule has 1 aliphatic carbocycles. The van der Waals surface area contributed by atoms with Gasteiger partial charge in [0.25, 0.3) is 0 Å². The SMILES string of the molecule is NCC1(c2cccc(Cl)c2)CCC(N2C(O)OC[C@@H]2Cc2ccccc2)CC1. The van der Waals surface area contributed by atoms with Crippen LogP contribution in [0, 0.1) is 0 Å². The Morgan fingerprint density at radius 3 is 2.54 bits per heavy atom. The predicted octanol–water partition coefficient (Wildman–Crippen LogP) is 3.70. The lowest BCUT2D eigenvalue weighted by Gasteiger charge is -2.44. The first-order valence-corrected chi connectivity index (χ1v) is 10.6. The van der Waals surface area contributed by atoms with E-state index in [1.807, 2.05) is 18.2 Å². The van der Waals surface area contributed by atoms with Gasteiger partial charge in [-0.1, -0.05) is 54.1 Å². The third kappa shape index (κ3) is 3.98. The summed E-state index contributed by atoms with van der Waals surface area (Å²) >= 11 is 6.23. The topological polar surface area (TPSA) is 58.7 Å². The molecule has 0 aromatic heterocycles. The minimum atomic E-state index is -0.810. The van der Waals surface area contributed by atoms with Crippen LogP contribution in [0.1, 0.15) is 36.8 Å². The highest BCUT2D eigenvalue weighted by Gasteiger charge is 2.43. The maximum Gasteiger partial charge on any atom is 0.216 e. The van der Waals surface area contributed by atoms with Crippen LogP contribution in [-0.4, -0.2) is 41.7 Å². The molecule has 1 saturated carbocycles. The van der Waals surface area contributed by atoms with E-state index in [-0.39, 0.29) is 11.5 Å². The lowest BCUT2D eigenvalue weighted by atomic mass is 9.68. The Hall–Kier alpha value is -1.43. The van der Waals surface area contributed by atoms with Crippen LogP contribution in [-0.2, 0) is 16.6 Å². The van der Waals surface area contributed by atoms with E-state index in [1.165, 1.54) is 11.1 Å². The summed E-state index contributed by atoms with van der Waals surface area (Å²) in [5.74, 6) is 0. The van der Waals surface area contributed by atoms with Gasteiger partial charge in [0, 0.05) is 29.1 Å². The number of nitrogens with two attached hydrogens (primary N) is 1. The van der Waals surface area contributed by atoms with Crippen LogP contribution in [0.15, 0.2) is 54.6 Å². The molecule has 0 spiro atoms. The Labute approximate surface area is 172 Å². The normalized spacial score (nSPS) is 31.2. The van der Waals surface area contributed by atoms with Crippen molar-refractivity contribution in [2.45, 2.75) is 56.0 Å². The molecule has 2 aromatic rings. The molecule has 28 heavy (non-hydrogen) atoms. The van der Waals surface area contributed by atoms with Crippen LogP contribution in [0.4, 0.5) is 0 Å². The van der Waals surface area contributed by atoms with E-state index in [1.54, 1.807) is 0 Å². The minimum absolute atomic E-state index is 0.0259. The second-order valence-electron chi connectivity index (χ2n) is 8.18. The van der Waals surface area contributed by atoms with Gasteiger partial charge in [0.15, 0.2) is 0 Å². The molecule has 0 radical (unpaired) electrons. The van der Waals surface area contributed by atoms with E-state index in [9.17, 15) is 5.11 Å². The van der Waals surface area contributed by atoms with Crippen molar-refractivity contribution >= 4 is 11.6 Å². The van der Waals surface area contributed by atoms with E-state index < -0.39 is 6.41 Å². The first-order valence-electron chi connectivity index (χ1n) is 10.2. The lowest BCUT2D eigenvalue weighted by molar-refractivity contribution is -0.153. The molecule has 1 heterocycles. The number of nitrogens with zero attached hydrogens (tertiary/aromatic N) is 1. The van der Waals surface area contributed by atoms with Gasteiger partial charge < -0.3 is 15.6 Å². The highest BCUT2D eigenvalue weighted by atomic mass is 35.5. The molecule has 2 atom stereocenters. The van der Waals surface area contributed by atoms with Crippen LogP contribution >= 0.6 is 11.6 Å². The minimum Gasteiger partial charge on any atom is -0.356 e. The Bertz CT molecular complexity index is 777. The van der Waals surface area contributed by atoms with E-state index >= 15 is 0 Å². The van der Waals surface area contributed by atoms with Crippen molar-refractivity contribution in [3.8, 4) is 0 Å². The smallest absolute Gasteiger partial charge is 0.216 e. The lowest BCUT2D eigenvalue weighted by Crippen LogP contribution is -2.50. The monoisotopic (exact) mass is 400 g/mol. The summed E-state index contributed by atoms with van der Waals surface area (Å²) in [5.41, 5.74) is 8.73. The molecule has 4 nitrogen and oxygen atoms in total. The highest BCUT2D eigenvalue weighted by molar-refractivity contribution is 6.30. The number of hydrogen-bond acceptors (Lipinski definition) is 4. The predicted molar refractivity (Wildman–Crippen MR) is 112 cm³/mol. The summed E-state index contributed by atoms with van der Waals surface area (Å²) in [7, 11) is 0. The van der Waals surface area contributed by atoms with Gasteiger partial charge >= 0.3 is 0 Å². The second-order valence-corrected chi connectivity index (χ2v) is 8.61. The number of rotatable bonds is 5. The maximum absolute atomic E-state index is 10.5. The molecular weight excluding hydrogens is 372 g/mol. The van der Waals surface area contributed by atoms with Crippen LogP contribution in [0.25, 0.3) is 0 Å². The van der Waals surface area contributed by atoms with Gasteiger partial charge in [-0.25, -0.2) is 4.90 Å². The van der Waals surface area contributed by atoms with Crippen LogP contribution in [0.2, 0.25) is 5.02 Å². The van der Waals surface area contributed by atoms with Gasteiger partial charge in [-0.3, -0.25) is 0 Å². The summed E-state index contributed by atoms with van der Waals surface area (Å²) in [6.45, 7) is 1.19. The molecule has 5 heteroatoms. The summed E-state index contributed by atoms with van der Waals surface area (Å²) < 4.78 is 5.62. The fourth-order valence-electron chi connectivity index (χ4n) is 4.96. The number of ether oxygens (including phenoxy) is 1. The fourth-order valence-corrected chi connectivity index (χ4v) is 5.15. The number of halogens is 1. The first kappa shape index (κ1) is 19.9. The van der Waals surface area contributed by atoms with E-state index in [0.717, 1.165) is 37.1 Å². The van der Waals surface area contributed by atoms with E-state index in [0.29, 0.717) is 19.2 Å². The summed E-state index contributed by atoms with van der Waals surface area (Å²) in [6.07, 6.45) is 4.07. The molecule has 2 fully saturated rings. The number of benzene rings is 2. The molecule has 0 bridgehead atoms. The van der Waals surface area contributed by atoms with E-state index in [2.05, 4.69) is 41.3 Å². The molecule has 0 amide bonds. The van der Waals surface area contributed by atoms with Crippen LogP contribution in [0.3, 0.4) is 0 Å². The van der Waals surface area contributed by atoms with Crippen molar-refractivity contribution in [3.63, 3.8) is 0 Å². The molecule has 3 N–H and O–H groups in total. The van der Waals surface area contributed by atoms with Crippen molar-refractivity contribution in [2.24, 2.45) is 5.73 Å². The molecule has 1 saturated heterocycles. The Morgan fingerprint density at radius 2 is 1.86 bits per heavy atom. The van der Waals surface area contributed by atoms with Crippen LogP contribution < -0.4 is 5.73 Å². The first-order chi connectivity index (χ1) is 13.6. The third-order valence-electron chi connectivity index (χ3n) is 6.59. The van der Waals surface area contributed by atoms with Crippen molar-refractivity contribution in [2.75, 3.05) is 13.2 Å². The summed E-state index contributed by atoms with van der Waals surface area (Å²) in [6, 6.07) is 19.1. The van der Waals surface area contributed by atoms with Gasteiger partial charge in [-0.2, -0.15) is 0 Å². The third-order valence-corrected chi connectivity index (χ3v) is 6.83. The zero-order valence-corrected chi connectivity index (χ0v) is 16.9. The molecule has 2 aromatic carbocycles. The summed E-state index contributed by atoms with van der Waals surface area (Å²) in [5, 5.41) is 11.3. The second kappa shape index (κ2) is 8.52. The standard InChI is InChI=1S/C23H29ClN2O2/c24-19-8-4-7-18(14-19)23(16-25)11-9-20(10-12-23)26-21(15-28-22(26)27)13-17-5-2-1-3-6-17/h1-8,14,20-22,27H,9-13,15-16,25H2/t20?,21-,22?,23?/m0/s1. The van der Waals surface area contributed by atoms with Crippen molar-refractivity contribution < 1.29 is 9.84 Å². The zero-order chi connectivity index (χ0) is 19.6. The molecule has 1 aliphatic heterocycles. The van der Waals surface area contributed by atoms with Gasteiger partial charge in [-0.15, -0.1) is 0 Å². The number of aliphatic hydroxyl groups is 1. The fraction of sp³-hybridized carbons (Fsp3) is 0.478. The Kier molecular flexibility index (Phi) is 6.04. The Balaban J connectivity index is 1.47. The van der Waals surface area contributed by atoms with Gasteiger partial charge in [0.2, 0.25) is 6.41 Å². The maximum atomic E-state index is 10.5. The summed E-state index contributed by atoms with van der Waals surface area (Å²) in [4.78, 5) is 2.19. The quantitative estimate of drug-likeness (QED) is 0.803. The van der Waals surface area contributed by atoms with Gasteiger partial charge in [-0.05, 0) is 55.4 Å². The van der Waals surface area contributed by atoms with Gasteiger partial charge in [0.05, 0.1) is 6.61 Å². The zero-order valence-electron chi connectivity index (χ0n) is 16.1. The van der Waals surface area contributed by atoms with Crippen LogP contribution in [0.5, 0.6) is 0 Å². The van der Waals surface area contributed by atoms with Crippen molar-refractivity contribution in [3.05, 3.63) is 70.7 Å². The largest absolute Gasteiger partial charge is 0.356 e. The molecule has 4 rings (SSSR count). The van der Waals surface area contributed by atoms with Crippen molar-refractivity contribution in [1.29, 1.82) is 0 Å². The number of aliphatic hydroxyl groups excluding tert-OH is 1. The van der Waals surface area contributed by atoms with E-state index in [4.69, 9.17) is 22.1 Å².